The number of phenols is 1. The number of carbonyl (C=O) groups is 2. The van der Waals surface area contributed by atoms with Crippen molar-refractivity contribution >= 4 is 23.1 Å². The first-order chi connectivity index (χ1) is 17.6. The molecule has 0 bridgehead atoms. The fourth-order valence-corrected chi connectivity index (χ4v) is 4.37. The number of aromatic hydroxyl groups is 1. The molecule has 2 N–H and O–H groups in total. The third kappa shape index (κ3) is 4.32. The van der Waals surface area contributed by atoms with Crippen molar-refractivity contribution in [2.45, 2.75) is 6.04 Å². The van der Waals surface area contributed by atoms with Crippen LogP contribution >= 0.6 is 0 Å². The molecule has 0 radical (unpaired) electrons. The highest BCUT2D eigenvalue weighted by molar-refractivity contribution is 6.23. The fourth-order valence-electron chi connectivity index (χ4n) is 4.37. The largest absolute Gasteiger partial charge is 0.508 e. The number of rotatable bonds is 7. The molecule has 0 saturated carbocycles. The number of hydrogen-bond acceptors (Lipinski definition) is 5. The smallest absolute Gasteiger partial charge is 0.276 e. The Labute approximate surface area is 209 Å². The van der Waals surface area contributed by atoms with Crippen LogP contribution in [0.4, 0.5) is 11.4 Å². The number of anilines is 2. The number of methoxy groups -OCH3 is 1. The number of amides is 1. The van der Waals surface area contributed by atoms with E-state index in [-0.39, 0.29) is 23.1 Å². The first kappa shape index (κ1) is 22.9. The van der Waals surface area contributed by atoms with Gasteiger partial charge in [0.15, 0.2) is 5.78 Å². The normalized spacial score (nSPS) is 15.2. The summed E-state index contributed by atoms with van der Waals surface area (Å²) in [5, 5.41) is 13.1. The first-order valence-electron chi connectivity index (χ1n) is 11.5. The summed E-state index contributed by atoms with van der Waals surface area (Å²) in [5.74, 6) is 0.187. The van der Waals surface area contributed by atoms with E-state index in [1.54, 1.807) is 72.7 Å². The molecule has 36 heavy (non-hydrogen) atoms. The molecular formula is C30H24N2O4. The summed E-state index contributed by atoms with van der Waals surface area (Å²) >= 11 is 0. The highest BCUT2D eigenvalue weighted by atomic mass is 16.5. The number of benzene rings is 4. The SMILES string of the molecule is COc1ccc(NC2=C(C(=O)c3ccccc3)[C@@H](c3ccccc3)N(c3ccc(O)cc3)C2=O)cc1. The summed E-state index contributed by atoms with van der Waals surface area (Å²) in [5.41, 5.74) is 3.05. The van der Waals surface area contributed by atoms with Crippen LogP contribution in [0.5, 0.6) is 11.5 Å². The molecule has 1 aliphatic heterocycles. The van der Waals surface area contributed by atoms with Gasteiger partial charge < -0.3 is 15.2 Å². The van der Waals surface area contributed by atoms with Crippen molar-refractivity contribution in [3.8, 4) is 11.5 Å². The van der Waals surface area contributed by atoms with Gasteiger partial charge in [0.1, 0.15) is 17.2 Å². The molecule has 5 rings (SSSR count). The Kier molecular flexibility index (Phi) is 6.24. The average Bonchev–Trinajstić information content (AvgIpc) is 3.21. The number of hydrogen-bond donors (Lipinski definition) is 2. The lowest BCUT2D eigenvalue weighted by molar-refractivity contribution is -0.114. The second-order valence-corrected chi connectivity index (χ2v) is 8.34. The summed E-state index contributed by atoms with van der Waals surface area (Å²) < 4.78 is 5.25. The number of Topliss-reactive ketones (excluding diaryl/α,β-unsaturated/α-hetero) is 1. The Morgan fingerprint density at radius 1 is 0.833 bits per heavy atom. The van der Waals surface area contributed by atoms with Gasteiger partial charge in [0.2, 0.25) is 0 Å². The van der Waals surface area contributed by atoms with Crippen molar-refractivity contribution in [2.24, 2.45) is 0 Å². The number of carbonyl (C=O) groups excluding carboxylic acids is 2. The van der Waals surface area contributed by atoms with Crippen LogP contribution in [0.2, 0.25) is 0 Å². The van der Waals surface area contributed by atoms with E-state index in [0.717, 1.165) is 5.56 Å². The Morgan fingerprint density at radius 2 is 1.44 bits per heavy atom. The summed E-state index contributed by atoms with van der Waals surface area (Å²) in [7, 11) is 1.59. The predicted molar refractivity (Wildman–Crippen MR) is 139 cm³/mol. The van der Waals surface area contributed by atoms with Crippen molar-refractivity contribution in [2.75, 3.05) is 17.3 Å². The van der Waals surface area contributed by atoms with E-state index in [0.29, 0.717) is 28.3 Å². The van der Waals surface area contributed by atoms with Gasteiger partial charge in [0.25, 0.3) is 5.91 Å². The Hall–Kier alpha value is -4.84. The van der Waals surface area contributed by atoms with Crippen LogP contribution in [0, 0.1) is 0 Å². The minimum Gasteiger partial charge on any atom is -0.508 e. The number of nitrogens with zero attached hydrogens (tertiary/aromatic N) is 1. The topological polar surface area (TPSA) is 78.9 Å². The molecule has 1 amide bonds. The molecule has 6 nitrogen and oxygen atoms in total. The monoisotopic (exact) mass is 476 g/mol. The maximum absolute atomic E-state index is 14.0. The van der Waals surface area contributed by atoms with Gasteiger partial charge in [-0.25, -0.2) is 0 Å². The Balaban J connectivity index is 1.70. The molecular weight excluding hydrogens is 452 g/mol. The molecule has 0 spiro atoms. The molecule has 1 aliphatic rings. The van der Waals surface area contributed by atoms with Crippen LogP contribution in [0.25, 0.3) is 0 Å². The average molecular weight is 477 g/mol. The van der Waals surface area contributed by atoms with Gasteiger partial charge in [-0.1, -0.05) is 60.7 Å². The van der Waals surface area contributed by atoms with Gasteiger partial charge in [-0.2, -0.15) is 0 Å². The van der Waals surface area contributed by atoms with Gasteiger partial charge >= 0.3 is 0 Å². The lowest BCUT2D eigenvalue weighted by atomic mass is 9.92. The van der Waals surface area contributed by atoms with E-state index in [2.05, 4.69) is 5.32 Å². The van der Waals surface area contributed by atoms with E-state index in [9.17, 15) is 14.7 Å². The van der Waals surface area contributed by atoms with E-state index >= 15 is 0 Å². The van der Waals surface area contributed by atoms with Crippen molar-refractivity contribution in [1.29, 1.82) is 0 Å². The zero-order valence-electron chi connectivity index (χ0n) is 19.6. The van der Waals surface area contributed by atoms with Crippen molar-refractivity contribution in [1.82, 2.24) is 0 Å². The number of nitrogens with one attached hydrogen (secondary N) is 1. The summed E-state index contributed by atoms with van der Waals surface area (Å²) in [6, 6.07) is 31.3. The molecule has 4 aromatic rings. The minimum absolute atomic E-state index is 0.0896. The maximum Gasteiger partial charge on any atom is 0.276 e. The zero-order chi connectivity index (χ0) is 25.1. The molecule has 6 heteroatoms. The lowest BCUT2D eigenvalue weighted by Gasteiger charge is -2.27. The molecule has 0 aliphatic carbocycles. The predicted octanol–water partition coefficient (Wildman–Crippen LogP) is 5.74. The zero-order valence-corrected chi connectivity index (χ0v) is 19.6. The second-order valence-electron chi connectivity index (χ2n) is 8.34. The Bertz CT molecular complexity index is 1410. The van der Waals surface area contributed by atoms with Crippen LogP contribution < -0.4 is 15.0 Å². The molecule has 0 unspecified atom stereocenters. The summed E-state index contributed by atoms with van der Waals surface area (Å²) in [4.78, 5) is 29.6. The first-order valence-corrected chi connectivity index (χ1v) is 11.5. The Morgan fingerprint density at radius 3 is 2.06 bits per heavy atom. The highest BCUT2D eigenvalue weighted by Crippen LogP contribution is 2.43. The molecule has 1 heterocycles. The van der Waals surface area contributed by atoms with E-state index in [1.807, 2.05) is 36.4 Å². The standard InChI is InChI=1S/C30H24N2O4/c1-36-25-18-12-22(13-19-25)31-27-26(29(34)21-10-6-3-7-11-21)28(20-8-4-2-5-9-20)32(30(27)35)23-14-16-24(33)17-15-23/h2-19,28,31,33H,1H3/t28-/m1/s1. The molecule has 178 valence electrons. The van der Waals surface area contributed by atoms with E-state index in [4.69, 9.17) is 4.74 Å². The molecule has 4 aromatic carbocycles. The van der Waals surface area contributed by atoms with Crippen LogP contribution in [0.1, 0.15) is 22.0 Å². The van der Waals surface area contributed by atoms with Gasteiger partial charge in [-0.05, 0) is 54.1 Å². The molecule has 1 atom stereocenters. The third-order valence-electron chi connectivity index (χ3n) is 6.12. The fraction of sp³-hybridized carbons (Fsp3) is 0.0667. The van der Waals surface area contributed by atoms with Crippen molar-refractivity contribution in [3.63, 3.8) is 0 Å². The van der Waals surface area contributed by atoms with Crippen LogP contribution in [0.3, 0.4) is 0 Å². The van der Waals surface area contributed by atoms with Crippen molar-refractivity contribution < 1.29 is 19.4 Å². The minimum atomic E-state index is -0.670. The van der Waals surface area contributed by atoms with Crippen LogP contribution in [0.15, 0.2) is 120 Å². The summed E-state index contributed by atoms with van der Waals surface area (Å²) in [6.45, 7) is 0. The molecule has 0 fully saturated rings. The maximum atomic E-state index is 14.0. The van der Waals surface area contributed by atoms with Gasteiger partial charge in [-0.3, -0.25) is 14.5 Å². The number of ether oxygens (including phenoxy) is 1. The third-order valence-corrected chi connectivity index (χ3v) is 6.12. The molecule has 0 aromatic heterocycles. The lowest BCUT2D eigenvalue weighted by Crippen LogP contribution is -2.31. The van der Waals surface area contributed by atoms with E-state index < -0.39 is 6.04 Å². The van der Waals surface area contributed by atoms with Gasteiger partial charge in [-0.15, -0.1) is 0 Å². The quantitative estimate of drug-likeness (QED) is 0.333. The second kappa shape index (κ2) is 9.80. The van der Waals surface area contributed by atoms with Crippen LogP contribution in [-0.2, 0) is 4.79 Å². The van der Waals surface area contributed by atoms with Crippen molar-refractivity contribution in [3.05, 3.63) is 132 Å². The number of ketones is 1. The van der Waals surface area contributed by atoms with Gasteiger partial charge in [0.05, 0.1) is 18.7 Å². The van der Waals surface area contributed by atoms with E-state index in [1.165, 1.54) is 12.1 Å². The van der Waals surface area contributed by atoms with Gasteiger partial charge in [0, 0.05) is 16.9 Å². The summed E-state index contributed by atoms with van der Waals surface area (Å²) in [6.07, 6.45) is 0. The highest BCUT2D eigenvalue weighted by Gasteiger charge is 2.44. The number of phenolic OH excluding ortho intramolecular Hbond substituents is 1. The molecule has 0 saturated heterocycles. The van der Waals surface area contributed by atoms with Crippen LogP contribution in [-0.4, -0.2) is 23.9 Å².